The summed E-state index contributed by atoms with van der Waals surface area (Å²) in [5.41, 5.74) is 5.47. The number of nitrogens with one attached hydrogen (secondary N) is 1. The van der Waals surface area contributed by atoms with Crippen LogP contribution >= 0.6 is 7.82 Å². The molecule has 0 aromatic carbocycles. The molecule has 166 valence electrons. The highest BCUT2D eigenvalue weighted by Gasteiger charge is 2.43. The SMILES string of the molecule is CC(C)(C)[Si](C)(C)O[C@@H]1C=C(COP(=O)(O)O)O[C@H]1n1cnc2c(=O)[nH]c(N)nc21. The minimum atomic E-state index is -4.68. The first-order chi connectivity index (χ1) is 13.7. The van der Waals surface area contributed by atoms with E-state index in [1.54, 1.807) is 6.08 Å². The van der Waals surface area contributed by atoms with E-state index in [1.807, 2.05) is 0 Å². The van der Waals surface area contributed by atoms with Crippen molar-refractivity contribution in [1.82, 2.24) is 19.5 Å². The van der Waals surface area contributed by atoms with Gasteiger partial charge in [0.05, 0.1) is 0 Å². The number of nitrogens with zero attached hydrogens (tertiary/aromatic N) is 3. The third-order valence-electron chi connectivity index (χ3n) is 5.24. The van der Waals surface area contributed by atoms with Gasteiger partial charge < -0.3 is 24.7 Å². The predicted molar refractivity (Wildman–Crippen MR) is 111 cm³/mol. The van der Waals surface area contributed by atoms with Gasteiger partial charge in [0.2, 0.25) is 12.2 Å². The summed E-state index contributed by atoms with van der Waals surface area (Å²) in [4.78, 5) is 40.7. The number of H-pyrrole nitrogens is 1. The molecule has 2 aromatic rings. The quantitative estimate of drug-likeness (QED) is 0.367. The van der Waals surface area contributed by atoms with Crippen LogP contribution in [0.1, 0.15) is 27.0 Å². The number of hydrogen-bond donors (Lipinski definition) is 4. The molecule has 0 amide bonds. The van der Waals surface area contributed by atoms with E-state index in [9.17, 15) is 9.36 Å². The van der Waals surface area contributed by atoms with Crippen LogP contribution in [0.15, 0.2) is 23.0 Å². The molecule has 0 fully saturated rings. The molecular formula is C16H26N5O7PSi. The average Bonchev–Trinajstić information content (AvgIpc) is 3.14. The molecule has 2 atom stereocenters. The molecule has 30 heavy (non-hydrogen) atoms. The lowest BCUT2D eigenvalue weighted by molar-refractivity contribution is -0.000144. The molecular weight excluding hydrogens is 433 g/mol. The van der Waals surface area contributed by atoms with Crippen molar-refractivity contribution in [1.29, 1.82) is 0 Å². The number of fused-ring (bicyclic) bond motifs is 1. The molecule has 0 saturated heterocycles. The molecule has 1 aliphatic rings. The van der Waals surface area contributed by atoms with Crippen LogP contribution in [0.3, 0.4) is 0 Å². The number of imidazole rings is 1. The number of ether oxygens (including phenoxy) is 1. The maximum absolute atomic E-state index is 12.1. The number of aromatic nitrogens is 4. The van der Waals surface area contributed by atoms with Crippen molar-refractivity contribution in [2.24, 2.45) is 0 Å². The highest BCUT2D eigenvalue weighted by atomic mass is 31.2. The van der Waals surface area contributed by atoms with Crippen LogP contribution < -0.4 is 11.3 Å². The zero-order valence-corrected chi connectivity index (χ0v) is 19.2. The van der Waals surface area contributed by atoms with Gasteiger partial charge in [0, 0.05) is 0 Å². The normalized spacial score (nSPS) is 20.4. The van der Waals surface area contributed by atoms with Crippen LogP contribution in [-0.2, 0) is 18.3 Å². The van der Waals surface area contributed by atoms with Crippen LogP contribution in [0.5, 0.6) is 0 Å². The van der Waals surface area contributed by atoms with E-state index in [0.717, 1.165) is 0 Å². The second kappa shape index (κ2) is 7.59. The van der Waals surface area contributed by atoms with E-state index in [-0.39, 0.29) is 27.9 Å². The molecule has 14 heteroatoms. The fourth-order valence-corrected chi connectivity index (χ4v) is 4.22. The van der Waals surface area contributed by atoms with Crippen molar-refractivity contribution >= 4 is 33.3 Å². The summed E-state index contributed by atoms with van der Waals surface area (Å²) >= 11 is 0. The summed E-state index contributed by atoms with van der Waals surface area (Å²) in [7, 11) is -6.95. The Balaban J connectivity index is 1.99. The summed E-state index contributed by atoms with van der Waals surface area (Å²) in [5.74, 6) is 0.110. The molecule has 3 rings (SSSR count). The molecule has 5 N–H and O–H groups in total. The van der Waals surface area contributed by atoms with Crippen molar-refractivity contribution in [2.75, 3.05) is 12.3 Å². The van der Waals surface area contributed by atoms with Gasteiger partial charge in [-0.2, -0.15) is 4.98 Å². The molecule has 3 heterocycles. The third kappa shape index (κ3) is 4.66. The minimum Gasteiger partial charge on any atom is -0.469 e. The van der Waals surface area contributed by atoms with Crippen molar-refractivity contribution in [3.8, 4) is 0 Å². The van der Waals surface area contributed by atoms with Gasteiger partial charge in [0.25, 0.3) is 5.56 Å². The molecule has 0 spiro atoms. The van der Waals surface area contributed by atoms with Gasteiger partial charge in [-0.25, -0.2) is 9.55 Å². The maximum atomic E-state index is 12.1. The number of aromatic amines is 1. The van der Waals surface area contributed by atoms with Crippen LogP contribution in [-0.4, -0.2) is 50.3 Å². The van der Waals surface area contributed by atoms with Crippen molar-refractivity contribution in [3.05, 3.63) is 28.5 Å². The number of phosphoric ester groups is 1. The summed E-state index contributed by atoms with van der Waals surface area (Å²) in [6, 6.07) is 0. The van der Waals surface area contributed by atoms with E-state index < -0.39 is 40.6 Å². The highest BCUT2D eigenvalue weighted by molar-refractivity contribution is 7.46. The maximum Gasteiger partial charge on any atom is 0.470 e. The Bertz CT molecular complexity index is 1080. The van der Waals surface area contributed by atoms with Gasteiger partial charge in [-0.15, -0.1) is 0 Å². The van der Waals surface area contributed by atoms with Gasteiger partial charge in [0.15, 0.2) is 19.5 Å². The number of nitrogen functional groups attached to an aromatic ring is 1. The first-order valence-electron chi connectivity index (χ1n) is 9.15. The smallest absolute Gasteiger partial charge is 0.469 e. The predicted octanol–water partition coefficient (Wildman–Crippen LogP) is 1.61. The minimum absolute atomic E-state index is 0.0767. The van der Waals surface area contributed by atoms with Gasteiger partial charge in [-0.1, -0.05) is 20.8 Å². The van der Waals surface area contributed by atoms with Crippen LogP contribution in [0.25, 0.3) is 11.2 Å². The van der Waals surface area contributed by atoms with Gasteiger partial charge in [-0.05, 0) is 24.2 Å². The fourth-order valence-electron chi connectivity index (χ4n) is 2.71. The summed E-state index contributed by atoms with van der Waals surface area (Å²) in [5, 5.41) is -0.104. The van der Waals surface area contributed by atoms with Crippen LogP contribution in [0.4, 0.5) is 5.95 Å². The second-order valence-corrected chi connectivity index (χ2v) is 14.5. The standard InChI is InChI=1S/C16H26N5O7PSi/c1-16(2,3)30(4,5)28-10-6-9(7-26-29(23,24)25)27-14(10)21-8-18-11-12(21)19-15(17)20-13(11)22/h6,8,10,14H,7H2,1-5H3,(H2,23,24,25)(H3,17,19,20,22)/t10-,14-/m1/s1. The zero-order chi connectivity index (χ0) is 22.5. The number of phosphoric acid groups is 1. The van der Waals surface area contributed by atoms with E-state index in [0.29, 0.717) is 0 Å². The topological polar surface area (TPSA) is 175 Å². The lowest BCUT2D eigenvalue weighted by Gasteiger charge is -2.39. The van der Waals surface area contributed by atoms with E-state index in [2.05, 4.69) is 53.3 Å². The number of hydrogen-bond acceptors (Lipinski definition) is 8. The first-order valence-corrected chi connectivity index (χ1v) is 13.6. The van der Waals surface area contributed by atoms with Crippen LogP contribution in [0.2, 0.25) is 18.1 Å². The Labute approximate surface area is 173 Å². The monoisotopic (exact) mass is 459 g/mol. The molecule has 12 nitrogen and oxygen atoms in total. The number of rotatable bonds is 6. The second-order valence-electron chi connectivity index (χ2n) is 8.52. The molecule has 0 unspecified atom stereocenters. The number of anilines is 1. The first kappa shape index (κ1) is 22.7. The van der Waals surface area contributed by atoms with Gasteiger partial charge in [0.1, 0.15) is 24.8 Å². The zero-order valence-electron chi connectivity index (χ0n) is 17.3. The Kier molecular flexibility index (Phi) is 5.73. The third-order valence-corrected chi connectivity index (χ3v) is 10.2. The van der Waals surface area contributed by atoms with Crippen molar-refractivity contribution in [3.63, 3.8) is 0 Å². The van der Waals surface area contributed by atoms with E-state index in [4.69, 9.17) is 24.7 Å². The molecule has 0 bridgehead atoms. The molecule has 0 radical (unpaired) electrons. The summed E-state index contributed by atoms with van der Waals surface area (Å²) in [6.07, 6.45) is 1.57. The molecule has 0 aliphatic carbocycles. The van der Waals surface area contributed by atoms with Crippen LogP contribution in [0, 0.1) is 0 Å². The largest absolute Gasteiger partial charge is 0.470 e. The van der Waals surface area contributed by atoms with Gasteiger partial charge in [-0.3, -0.25) is 18.9 Å². The Morgan fingerprint density at radius 1 is 1.40 bits per heavy atom. The Morgan fingerprint density at radius 2 is 2.07 bits per heavy atom. The Hall–Kier alpha value is -2.02. The summed E-state index contributed by atoms with van der Waals surface area (Å²) in [6.45, 7) is 9.94. The highest BCUT2D eigenvalue weighted by Crippen LogP contribution is 2.42. The Morgan fingerprint density at radius 3 is 2.67 bits per heavy atom. The molecule has 0 saturated carbocycles. The lowest BCUT2D eigenvalue weighted by Crippen LogP contribution is -2.45. The lowest BCUT2D eigenvalue weighted by atomic mass is 10.2. The number of nitrogens with two attached hydrogens (primary N) is 1. The van der Waals surface area contributed by atoms with Crippen molar-refractivity contribution in [2.45, 2.75) is 51.2 Å². The molecule has 1 aliphatic heterocycles. The summed E-state index contributed by atoms with van der Waals surface area (Å²) < 4.78 is 29.5. The van der Waals surface area contributed by atoms with E-state index >= 15 is 0 Å². The fraction of sp³-hybridized carbons (Fsp3) is 0.562. The van der Waals surface area contributed by atoms with Crippen molar-refractivity contribution < 1.29 is 28.0 Å². The average molecular weight is 459 g/mol. The molecule has 2 aromatic heterocycles. The van der Waals surface area contributed by atoms with E-state index in [1.165, 1.54) is 10.9 Å². The van der Waals surface area contributed by atoms with Gasteiger partial charge >= 0.3 is 7.82 Å².